The van der Waals surface area contributed by atoms with E-state index in [0.717, 1.165) is 12.1 Å². The molecule has 2 unspecified atom stereocenters. The fraction of sp³-hybridized carbons (Fsp3) is 0.571. The van der Waals surface area contributed by atoms with Crippen LogP contribution in [0.15, 0.2) is 18.2 Å². The van der Waals surface area contributed by atoms with Crippen LogP contribution in [0.3, 0.4) is 0 Å². The number of nitro benzene ring substituents is 1. The number of nitro groups is 1. The van der Waals surface area contributed by atoms with Crippen LogP contribution in [-0.4, -0.2) is 36.5 Å². The maximum Gasteiger partial charge on any atom is 0.272 e. The van der Waals surface area contributed by atoms with Crippen LogP contribution < -0.4 is 5.32 Å². The lowest BCUT2D eigenvalue weighted by Crippen LogP contribution is -2.37. The molecule has 106 valence electrons. The summed E-state index contributed by atoms with van der Waals surface area (Å²) in [6.45, 7) is 6.83. The molecule has 0 radical (unpaired) electrons. The number of nitrogens with zero attached hydrogens (tertiary/aromatic N) is 2. The quantitative estimate of drug-likeness (QED) is 0.634. The molecule has 0 saturated heterocycles. The fourth-order valence-electron chi connectivity index (χ4n) is 2.22. The molecule has 5 heteroatoms. The highest BCUT2D eigenvalue weighted by Crippen LogP contribution is 2.23. The monoisotopic (exact) mass is 265 g/mol. The Morgan fingerprint density at radius 3 is 2.53 bits per heavy atom. The van der Waals surface area contributed by atoms with Crippen molar-refractivity contribution in [2.24, 2.45) is 0 Å². The summed E-state index contributed by atoms with van der Waals surface area (Å²) in [7, 11) is 4.05. The van der Waals surface area contributed by atoms with Gasteiger partial charge in [0.05, 0.1) is 4.92 Å². The van der Waals surface area contributed by atoms with E-state index in [2.05, 4.69) is 17.1 Å². The van der Waals surface area contributed by atoms with Crippen LogP contribution >= 0.6 is 0 Å². The van der Waals surface area contributed by atoms with Gasteiger partial charge in [0.2, 0.25) is 0 Å². The molecule has 1 rings (SSSR count). The highest BCUT2D eigenvalue weighted by molar-refractivity contribution is 5.43. The predicted molar refractivity (Wildman–Crippen MR) is 77.4 cm³/mol. The third-order valence-electron chi connectivity index (χ3n) is 3.10. The van der Waals surface area contributed by atoms with E-state index in [9.17, 15) is 10.1 Å². The largest absolute Gasteiger partial charge is 0.308 e. The van der Waals surface area contributed by atoms with Crippen molar-refractivity contribution in [3.8, 4) is 0 Å². The number of hydrogen-bond acceptors (Lipinski definition) is 4. The Hall–Kier alpha value is -1.46. The average Bonchev–Trinajstić information content (AvgIpc) is 2.27. The third-order valence-corrected chi connectivity index (χ3v) is 3.10. The van der Waals surface area contributed by atoms with Gasteiger partial charge in [-0.25, -0.2) is 0 Å². The van der Waals surface area contributed by atoms with Crippen molar-refractivity contribution in [3.63, 3.8) is 0 Å². The first kappa shape index (κ1) is 15.6. The third kappa shape index (κ3) is 4.61. The maximum atomic E-state index is 10.9. The van der Waals surface area contributed by atoms with Crippen LogP contribution in [0, 0.1) is 17.0 Å². The Balaban J connectivity index is 2.80. The van der Waals surface area contributed by atoms with Gasteiger partial charge in [-0.2, -0.15) is 0 Å². The summed E-state index contributed by atoms with van der Waals surface area (Å²) in [6.07, 6.45) is 0. The van der Waals surface area contributed by atoms with Gasteiger partial charge in [-0.3, -0.25) is 10.1 Å². The zero-order valence-electron chi connectivity index (χ0n) is 12.3. The molecule has 1 N–H and O–H groups in total. The minimum Gasteiger partial charge on any atom is -0.308 e. The van der Waals surface area contributed by atoms with E-state index in [1.165, 1.54) is 0 Å². The Morgan fingerprint density at radius 1 is 1.37 bits per heavy atom. The first-order valence-corrected chi connectivity index (χ1v) is 6.47. The number of nitrogens with one attached hydrogen (secondary N) is 1. The Morgan fingerprint density at radius 2 is 2.00 bits per heavy atom. The molecule has 5 nitrogen and oxygen atoms in total. The van der Waals surface area contributed by atoms with E-state index in [4.69, 9.17) is 0 Å². The van der Waals surface area contributed by atoms with Crippen LogP contribution in [-0.2, 0) is 0 Å². The van der Waals surface area contributed by atoms with Crippen LogP contribution in [0.1, 0.15) is 31.0 Å². The number of rotatable bonds is 6. The van der Waals surface area contributed by atoms with Gasteiger partial charge in [0.25, 0.3) is 5.69 Å². The predicted octanol–water partition coefficient (Wildman–Crippen LogP) is 2.50. The van der Waals surface area contributed by atoms with Crippen molar-refractivity contribution in [2.75, 3.05) is 20.6 Å². The van der Waals surface area contributed by atoms with Gasteiger partial charge in [-0.05, 0) is 40.4 Å². The van der Waals surface area contributed by atoms with Gasteiger partial charge < -0.3 is 10.2 Å². The molecule has 0 amide bonds. The SMILES string of the molecule is Cc1ccc(C(C)NC(C)CN(C)C)cc1[N+](=O)[O-]. The number of likely N-dealkylation sites (N-methyl/N-ethyl adjacent to an activating group) is 1. The smallest absolute Gasteiger partial charge is 0.272 e. The van der Waals surface area contributed by atoms with Crippen LogP contribution in [0.5, 0.6) is 0 Å². The molecule has 1 aromatic rings. The first-order chi connectivity index (χ1) is 8.81. The minimum absolute atomic E-state index is 0.0919. The van der Waals surface area contributed by atoms with Gasteiger partial charge in [-0.1, -0.05) is 12.1 Å². The average molecular weight is 265 g/mol. The van der Waals surface area contributed by atoms with Crippen molar-refractivity contribution in [2.45, 2.75) is 32.9 Å². The van der Waals surface area contributed by atoms with Crippen LogP contribution in [0.4, 0.5) is 5.69 Å². The summed E-state index contributed by atoms with van der Waals surface area (Å²) in [6, 6.07) is 5.83. The van der Waals surface area contributed by atoms with E-state index in [1.54, 1.807) is 13.0 Å². The van der Waals surface area contributed by atoms with E-state index in [0.29, 0.717) is 11.6 Å². The van der Waals surface area contributed by atoms with Crippen LogP contribution in [0.2, 0.25) is 0 Å². The minimum atomic E-state index is -0.325. The van der Waals surface area contributed by atoms with Gasteiger partial charge in [0, 0.05) is 30.3 Å². The molecule has 0 bridgehead atoms. The molecule has 0 aliphatic heterocycles. The van der Waals surface area contributed by atoms with Crippen molar-refractivity contribution in [3.05, 3.63) is 39.4 Å². The molecule has 1 aromatic carbocycles. The standard InChI is InChI=1S/C14H23N3O2/c1-10-6-7-13(8-14(10)17(18)19)12(3)15-11(2)9-16(4)5/h6-8,11-12,15H,9H2,1-5H3. The van der Waals surface area contributed by atoms with Crippen molar-refractivity contribution in [1.29, 1.82) is 0 Å². The zero-order valence-corrected chi connectivity index (χ0v) is 12.3. The molecule has 0 aromatic heterocycles. The van der Waals surface area contributed by atoms with E-state index < -0.39 is 0 Å². The second kappa shape index (κ2) is 6.63. The highest BCUT2D eigenvalue weighted by Gasteiger charge is 2.15. The molecule has 2 atom stereocenters. The Labute approximate surface area is 114 Å². The second-order valence-electron chi connectivity index (χ2n) is 5.35. The van der Waals surface area contributed by atoms with Crippen molar-refractivity contribution in [1.82, 2.24) is 10.2 Å². The Kier molecular flexibility index (Phi) is 5.44. The van der Waals surface area contributed by atoms with E-state index >= 15 is 0 Å². The lowest BCUT2D eigenvalue weighted by atomic mass is 10.0. The summed E-state index contributed by atoms with van der Waals surface area (Å²) in [5.74, 6) is 0. The number of aryl methyl sites for hydroxylation is 1. The van der Waals surface area contributed by atoms with Gasteiger partial charge in [0.15, 0.2) is 0 Å². The summed E-state index contributed by atoms with van der Waals surface area (Å²) in [4.78, 5) is 12.7. The molecule has 0 fully saturated rings. The van der Waals surface area contributed by atoms with Crippen molar-refractivity contribution < 1.29 is 4.92 Å². The number of benzene rings is 1. The molecular formula is C14H23N3O2. The molecule has 0 saturated carbocycles. The summed E-state index contributed by atoms with van der Waals surface area (Å²) in [5, 5.41) is 14.4. The summed E-state index contributed by atoms with van der Waals surface area (Å²) in [5.41, 5.74) is 1.83. The molecule has 19 heavy (non-hydrogen) atoms. The topological polar surface area (TPSA) is 58.4 Å². The molecule has 0 aliphatic rings. The first-order valence-electron chi connectivity index (χ1n) is 6.47. The molecule has 0 aliphatic carbocycles. The van der Waals surface area contributed by atoms with Gasteiger partial charge >= 0.3 is 0 Å². The summed E-state index contributed by atoms with van der Waals surface area (Å²) < 4.78 is 0. The summed E-state index contributed by atoms with van der Waals surface area (Å²) >= 11 is 0. The molecular weight excluding hydrogens is 242 g/mol. The van der Waals surface area contributed by atoms with E-state index in [1.807, 2.05) is 33.2 Å². The number of hydrogen-bond donors (Lipinski definition) is 1. The molecule has 0 spiro atoms. The van der Waals surface area contributed by atoms with Gasteiger partial charge in [-0.15, -0.1) is 0 Å². The molecule has 0 heterocycles. The maximum absolute atomic E-state index is 10.9. The lowest BCUT2D eigenvalue weighted by Gasteiger charge is -2.23. The second-order valence-corrected chi connectivity index (χ2v) is 5.35. The van der Waals surface area contributed by atoms with Crippen LogP contribution in [0.25, 0.3) is 0 Å². The lowest BCUT2D eigenvalue weighted by molar-refractivity contribution is -0.385. The van der Waals surface area contributed by atoms with Crippen molar-refractivity contribution >= 4 is 5.69 Å². The normalized spacial score (nSPS) is 14.4. The highest BCUT2D eigenvalue weighted by atomic mass is 16.6. The van der Waals surface area contributed by atoms with E-state index in [-0.39, 0.29) is 16.7 Å². The fourth-order valence-corrected chi connectivity index (χ4v) is 2.22. The zero-order chi connectivity index (χ0) is 14.6. The Bertz CT molecular complexity index is 446. The van der Waals surface area contributed by atoms with Gasteiger partial charge in [0.1, 0.15) is 0 Å².